The molecular formula is C42H70O12. The van der Waals surface area contributed by atoms with Gasteiger partial charge in [-0.05, 0) is 117 Å². The van der Waals surface area contributed by atoms with Gasteiger partial charge in [-0.1, -0.05) is 57.9 Å². The van der Waals surface area contributed by atoms with E-state index in [4.69, 9.17) is 18.9 Å². The van der Waals surface area contributed by atoms with Gasteiger partial charge >= 0.3 is 0 Å². The molecule has 0 aromatic rings. The van der Waals surface area contributed by atoms with E-state index in [9.17, 15) is 40.9 Å². The number of aliphatic hydroxyl groups is 8. The molecule has 12 heteroatoms. The molecule has 4 aliphatic carbocycles. The molecule has 2 saturated heterocycles. The van der Waals surface area contributed by atoms with Gasteiger partial charge in [0.2, 0.25) is 0 Å². The van der Waals surface area contributed by atoms with Crippen LogP contribution in [0, 0.1) is 45.3 Å². The summed E-state index contributed by atoms with van der Waals surface area (Å²) in [4.78, 5) is 0. The normalized spacial score (nSPS) is 51.9. The van der Waals surface area contributed by atoms with Crippen LogP contribution in [-0.4, -0.2) is 128 Å². The van der Waals surface area contributed by atoms with Gasteiger partial charge < -0.3 is 59.8 Å². The lowest BCUT2D eigenvalue weighted by Crippen LogP contribution is -2.67. The van der Waals surface area contributed by atoms with Gasteiger partial charge in [-0.15, -0.1) is 0 Å². The molecule has 19 atom stereocenters. The number of rotatable bonds is 9. The molecule has 6 rings (SSSR count). The summed E-state index contributed by atoms with van der Waals surface area (Å²) in [5.41, 5.74) is 2.29. The van der Waals surface area contributed by atoms with E-state index in [1.165, 1.54) is 11.1 Å². The lowest BCUT2D eigenvalue weighted by Gasteiger charge is -2.70. The molecule has 6 fully saturated rings. The zero-order valence-electron chi connectivity index (χ0n) is 33.7. The van der Waals surface area contributed by atoms with Crippen molar-refractivity contribution in [1.29, 1.82) is 0 Å². The van der Waals surface area contributed by atoms with Crippen molar-refractivity contribution >= 4 is 0 Å². The van der Waals surface area contributed by atoms with Gasteiger partial charge in [0.15, 0.2) is 12.6 Å². The Morgan fingerprint density at radius 2 is 1.28 bits per heavy atom. The summed E-state index contributed by atoms with van der Waals surface area (Å²) < 4.78 is 24.4. The summed E-state index contributed by atoms with van der Waals surface area (Å²) >= 11 is 0. The number of allylic oxidation sites excluding steroid dienone is 4. The summed E-state index contributed by atoms with van der Waals surface area (Å²) in [6.45, 7) is 17.1. The Kier molecular flexibility index (Phi) is 12.3. The predicted molar refractivity (Wildman–Crippen MR) is 199 cm³/mol. The lowest BCUT2D eigenvalue weighted by molar-refractivity contribution is -0.378. The molecule has 6 aliphatic rings. The molecular weight excluding hydrogens is 696 g/mol. The van der Waals surface area contributed by atoms with Crippen LogP contribution in [0.5, 0.6) is 0 Å². The minimum Gasteiger partial charge on any atom is -0.394 e. The Labute approximate surface area is 321 Å². The first-order chi connectivity index (χ1) is 25.3. The van der Waals surface area contributed by atoms with E-state index < -0.39 is 80.0 Å². The topological polar surface area (TPSA) is 199 Å². The molecule has 0 amide bonds. The second-order valence-corrected chi connectivity index (χ2v) is 19.4. The summed E-state index contributed by atoms with van der Waals surface area (Å²) in [6.07, 6.45) is -3.65. The second-order valence-electron chi connectivity index (χ2n) is 19.4. The molecule has 12 nitrogen and oxygen atoms in total. The van der Waals surface area contributed by atoms with Crippen molar-refractivity contribution in [2.45, 2.75) is 180 Å². The minimum atomic E-state index is -1.74. The first kappa shape index (κ1) is 42.6. The lowest BCUT2D eigenvalue weighted by atomic mass is 9.35. The second kappa shape index (κ2) is 15.6. The van der Waals surface area contributed by atoms with Gasteiger partial charge in [0, 0.05) is 0 Å². The van der Waals surface area contributed by atoms with Crippen molar-refractivity contribution in [3.8, 4) is 0 Å². The van der Waals surface area contributed by atoms with E-state index in [0.717, 1.165) is 44.9 Å². The summed E-state index contributed by atoms with van der Waals surface area (Å²) in [7, 11) is 0. The smallest absolute Gasteiger partial charge is 0.187 e. The van der Waals surface area contributed by atoms with Crippen LogP contribution in [0.3, 0.4) is 0 Å². The van der Waals surface area contributed by atoms with Crippen molar-refractivity contribution in [1.82, 2.24) is 0 Å². The minimum absolute atomic E-state index is 0.00171. The van der Waals surface area contributed by atoms with Gasteiger partial charge in [-0.2, -0.15) is 0 Å². The fraction of sp³-hybridized carbons (Fsp3) is 0.905. The summed E-state index contributed by atoms with van der Waals surface area (Å²) in [5.74, 6) is 1.14. The van der Waals surface area contributed by atoms with E-state index in [1.807, 2.05) is 0 Å². The monoisotopic (exact) mass is 766 g/mol. The van der Waals surface area contributed by atoms with Crippen LogP contribution in [0.15, 0.2) is 23.3 Å². The third-order valence-electron chi connectivity index (χ3n) is 16.1. The standard InChI is InChI=1S/C42H70O12/c1-21(2)10-9-11-22(3)23-12-16-42(8)30(23)24(45)18-28-40(6)15-14-29(39(4,5)27(40)13-17-41(28,42)7)53-38-36(34(49)32(47)26(20-44)52-38)54-37-35(50)33(48)31(46)25(19-43)51-37/h10-11,23-38,43-50H,9,12-20H2,1-8H3/t23-,24-,25-,26-,27+,28-,29+,30?,31-,32-,33+,34+,35-,36-,37+,38+,40+,41-,42-/m1/s1. The van der Waals surface area contributed by atoms with Gasteiger partial charge in [0.05, 0.1) is 25.4 Å². The molecule has 0 radical (unpaired) electrons. The fourth-order valence-corrected chi connectivity index (χ4v) is 12.9. The largest absolute Gasteiger partial charge is 0.394 e. The summed E-state index contributed by atoms with van der Waals surface area (Å²) in [5, 5.41) is 85.4. The Bertz CT molecular complexity index is 1380. The molecule has 4 saturated carbocycles. The van der Waals surface area contributed by atoms with Crippen LogP contribution in [-0.2, 0) is 18.9 Å². The van der Waals surface area contributed by atoms with Crippen molar-refractivity contribution in [3.05, 3.63) is 23.3 Å². The van der Waals surface area contributed by atoms with Crippen molar-refractivity contribution < 1.29 is 59.8 Å². The van der Waals surface area contributed by atoms with Crippen LogP contribution in [0.4, 0.5) is 0 Å². The highest BCUT2D eigenvalue weighted by Gasteiger charge is 2.70. The van der Waals surface area contributed by atoms with Crippen LogP contribution in [0.1, 0.15) is 107 Å². The molecule has 0 aromatic carbocycles. The number of aliphatic hydroxyl groups excluding tert-OH is 8. The van der Waals surface area contributed by atoms with Crippen LogP contribution in [0.2, 0.25) is 0 Å². The van der Waals surface area contributed by atoms with Gasteiger partial charge in [0.25, 0.3) is 0 Å². The van der Waals surface area contributed by atoms with E-state index >= 15 is 0 Å². The third kappa shape index (κ3) is 6.89. The highest BCUT2D eigenvalue weighted by molar-refractivity contribution is 5.23. The maximum Gasteiger partial charge on any atom is 0.187 e. The van der Waals surface area contributed by atoms with Crippen LogP contribution in [0.25, 0.3) is 0 Å². The highest BCUT2D eigenvalue weighted by atomic mass is 16.8. The Hall–Kier alpha value is -1.00. The fourth-order valence-electron chi connectivity index (χ4n) is 12.9. The van der Waals surface area contributed by atoms with Crippen LogP contribution < -0.4 is 0 Å². The molecule has 0 spiro atoms. The zero-order valence-corrected chi connectivity index (χ0v) is 33.7. The maximum atomic E-state index is 12.1. The SMILES string of the molecule is CC(C)=CCC=C(C)[C@H]1CC[C@]2(C)C1[C@H](O)C[C@@H]1[C@@]3(C)CC[C@H](O[C@@H]4O[C@H](CO)[C@@H](O)[C@H](O)[C@H]4O[C@@H]4O[C@H](CO)[C@@H](O)[C@H](O)[C@H]4O)C(C)(C)[C@@H]3CC[C@]12C. The number of ether oxygens (including phenoxy) is 4. The molecule has 310 valence electrons. The van der Waals surface area contributed by atoms with Gasteiger partial charge in [-0.25, -0.2) is 0 Å². The molecule has 1 unspecified atom stereocenters. The highest BCUT2D eigenvalue weighted by Crippen LogP contribution is 2.75. The first-order valence-electron chi connectivity index (χ1n) is 20.5. The Morgan fingerprint density at radius 3 is 1.91 bits per heavy atom. The Morgan fingerprint density at radius 1 is 0.667 bits per heavy atom. The van der Waals surface area contributed by atoms with E-state index in [-0.39, 0.29) is 40.3 Å². The summed E-state index contributed by atoms with van der Waals surface area (Å²) in [6, 6.07) is 0. The van der Waals surface area contributed by atoms with E-state index in [0.29, 0.717) is 18.3 Å². The van der Waals surface area contributed by atoms with E-state index in [2.05, 4.69) is 67.5 Å². The van der Waals surface area contributed by atoms with Gasteiger partial charge in [-0.3, -0.25) is 0 Å². The van der Waals surface area contributed by atoms with Crippen molar-refractivity contribution in [2.75, 3.05) is 13.2 Å². The molecule has 2 heterocycles. The molecule has 0 bridgehead atoms. The quantitative estimate of drug-likeness (QED) is 0.126. The average Bonchev–Trinajstić information content (AvgIpc) is 3.49. The predicted octanol–water partition coefficient (Wildman–Crippen LogP) is 2.95. The number of hydrogen-bond donors (Lipinski definition) is 8. The maximum absolute atomic E-state index is 12.1. The molecule has 2 aliphatic heterocycles. The van der Waals surface area contributed by atoms with Crippen molar-refractivity contribution in [2.24, 2.45) is 45.3 Å². The number of hydrogen-bond acceptors (Lipinski definition) is 12. The third-order valence-corrected chi connectivity index (χ3v) is 16.1. The molecule has 0 aromatic heterocycles. The Balaban J connectivity index is 1.23. The molecule has 54 heavy (non-hydrogen) atoms. The van der Waals surface area contributed by atoms with E-state index in [1.54, 1.807) is 0 Å². The van der Waals surface area contributed by atoms with Crippen molar-refractivity contribution in [3.63, 3.8) is 0 Å². The number of fused-ring (bicyclic) bond motifs is 5. The zero-order chi connectivity index (χ0) is 39.7. The molecule has 8 N–H and O–H groups in total. The average molecular weight is 767 g/mol. The first-order valence-corrected chi connectivity index (χ1v) is 20.5. The van der Waals surface area contributed by atoms with Crippen LogP contribution >= 0.6 is 0 Å². The van der Waals surface area contributed by atoms with Gasteiger partial charge in [0.1, 0.15) is 48.8 Å².